The molecule has 18 heavy (non-hydrogen) atoms. The minimum absolute atomic E-state index is 0.0805. The highest BCUT2D eigenvalue weighted by Crippen LogP contribution is 2.24. The fraction of sp³-hybridized carbons (Fsp3) is 0.250. The highest BCUT2D eigenvalue weighted by Gasteiger charge is 2.10. The van der Waals surface area contributed by atoms with Gasteiger partial charge in [-0.05, 0) is 19.2 Å². The number of amides is 1. The van der Waals surface area contributed by atoms with E-state index in [-0.39, 0.29) is 5.91 Å². The summed E-state index contributed by atoms with van der Waals surface area (Å²) >= 11 is 1.38. The van der Waals surface area contributed by atoms with Crippen LogP contribution in [0.5, 0.6) is 0 Å². The molecule has 0 unspecified atom stereocenters. The number of carbonyl (C=O) groups excluding carboxylic acids is 1. The van der Waals surface area contributed by atoms with Crippen molar-refractivity contribution in [3.05, 3.63) is 35.6 Å². The second kappa shape index (κ2) is 6.23. The molecule has 2 aromatic rings. The molecule has 94 valence electrons. The first kappa shape index (κ1) is 12.7. The number of aromatic nitrogens is 2. The molecule has 2 rings (SSSR count). The Morgan fingerprint density at radius 2 is 2.11 bits per heavy atom. The zero-order valence-corrected chi connectivity index (χ0v) is 10.8. The van der Waals surface area contributed by atoms with E-state index >= 15 is 0 Å². The number of pyridine rings is 1. The van der Waals surface area contributed by atoms with Crippen molar-refractivity contribution >= 4 is 17.2 Å². The highest BCUT2D eigenvalue weighted by molar-refractivity contribution is 7.16. The van der Waals surface area contributed by atoms with Crippen LogP contribution < -0.4 is 10.6 Å². The predicted octanol–water partition coefficient (Wildman–Crippen LogP) is 1.15. The molecule has 0 aliphatic heterocycles. The smallest absolute Gasteiger partial charge is 0.263 e. The summed E-state index contributed by atoms with van der Waals surface area (Å²) in [5.41, 5.74) is 0.976. The second-order valence-corrected chi connectivity index (χ2v) is 4.66. The SMILES string of the molecule is CNCCNC(=O)c1cnc(-c2ccncc2)s1. The third kappa shape index (κ3) is 3.12. The topological polar surface area (TPSA) is 66.9 Å². The molecule has 1 amide bonds. The van der Waals surface area contributed by atoms with Crippen molar-refractivity contribution in [1.82, 2.24) is 20.6 Å². The predicted molar refractivity (Wildman–Crippen MR) is 71.6 cm³/mol. The van der Waals surface area contributed by atoms with Gasteiger partial charge >= 0.3 is 0 Å². The lowest BCUT2D eigenvalue weighted by molar-refractivity contribution is 0.0958. The van der Waals surface area contributed by atoms with Crippen LogP contribution in [0.1, 0.15) is 9.67 Å². The van der Waals surface area contributed by atoms with E-state index in [1.807, 2.05) is 19.2 Å². The van der Waals surface area contributed by atoms with Crippen molar-refractivity contribution in [3.8, 4) is 10.6 Å². The third-order valence-electron chi connectivity index (χ3n) is 2.32. The van der Waals surface area contributed by atoms with E-state index in [4.69, 9.17) is 0 Å². The van der Waals surface area contributed by atoms with E-state index in [2.05, 4.69) is 20.6 Å². The van der Waals surface area contributed by atoms with Crippen LogP contribution in [0.15, 0.2) is 30.7 Å². The van der Waals surface area contributed by atoms with Gasteiger partial charge in [-0.2, -0.15) is 0 Å². The van der Waals surface area contributed by atoms with Crippen LogP contribution >= 0.6 is 11.3 Å². The lowest BCUT2D eigenvalue weighted by Crippen LogP contribution is -2.29. The Morgan fingerprint density at radius 3 is 2.83 bits per heavy atom. The van der Waals surface area contributed by atoms with Gasteiger partial charge in [0.25, 0.3) is 5.91 Å². The zero-order valence-electron chi connectivity index (χ0n) is 10.0. The first-order chi connectivity index (χ1) is 8.81. The number of hydrogen-bond acceptors (Lipinski definition) is 5. The molecule has 0 aromatic carbocycles. The molecule has 0 aliphatic carbocycles. The quantitative estimate of drug-likeness (QED) is 0.793. The summed E-state index contributed by atoms with van der Waals surface area (Å²) in [4.78, 5) is 20.6. The Morgan fingerprint density at radius 1 is 1.33 bits per heavy atom. The number of thiazole rings is 1. The van der Waals surface area contributed by atoms with Crippen molar-refractivity contribution in [2.75, 3.05) is 20.1 Å². The average Bonchev–Trinajstić information content (AvgIpc) is 2.89. The summed E-state index contributed by atoms with van der Waals surface area (Å²) in [6.45, 7) is 1.36. The van der Waals surface area contributed by atoms with Gasteiger partial charge in [-0.3, -0.25) is 9.78 Å². The maximum absolute atomic E-state index is 11.8. The normalized spacial score (nSPS) is 10.3. The van der Waals surface area contributed by atoms with E-state index in [0.717, 1.165) is 17.1 Å². The number of nitrogens with zero attached hydrogens (tertiary/aromatic N) is 2. The molecule has 0 fully saturated rings. The van der Waals surface area contributed by atoms with E-state index < -0.39 is 0 Å². The van der Waals surface area contributed by atoms with Gasteiger partial charge in [0, 0.05) is 31.0 Å². The largest absolute Gasteiger partial charge is 0.350 e. The summed E-state index contributed by atoms with van der Waals surface area (Å²) in [7, 11) is 1.85. The van der Waals surface area contributed by atoms with E-state index in [1.54, 1.807) is 18.6 Å². The third-order valence-corrected chi connectivity index (χ3v) is 3.36. The molecular formula is C12H14N4OS. The molecule has 5 nitrogen and oxygen atoms in total. The summed E-state index contributed by atoms with van der Waals surface area (Å²) < 4.78 is 0. The Bertz CT molecular complexity index is 512. The van der Waals surface area contributed by atoms with Crippen LogP contribution in [-0.4, -0.2) is 36.0 Å². The van der Waals surface area contributed by atoms with Crippen molar-refractivity contribution < 1.29 is 4.79 Å². The molecule has 0 saturated heterocycles. The van der Waals surface area contributed by atoms with Gasteiger partial charge in [0.2, 0.25) is 0 Å². The summed E-state index contributed by atoms with van der Waals surface area (Å²) in [6.07, 6.45) is 5.03. The van der Waals surface area contributed by atoms with E-state index in [1.165, 1.54) is 11.3 Å². The molecule has 2 aromatic heterocycles. The molecule has 0 aliphatic rings. The van der Waals surface area contributed by atoms with Crippen molar-refractivity contribution in [2.45, 2.75) is 0 Å². The first-order valence-corrected chi connectivity index (χ1v) is 6.42. The van der Waals surface area contributed by atoms with Crippen LogP contribution in [-0.2, 0) is 0 Å². The molecule has 2 heterocycles. The lowest BCUT2D eigenvalue weighted by Gasteiger charge is -2.01. The molecule has 0 spiro atoms. The van der Waals surface area contributed by atoms with Crippen molar-refractivity contribution in [3.63, 3.8) is 0 Å². The molecule has 0 bridgehead atoms. The Hall–Kier alpha value is -1.79. The van der Waals surface area contributed by atoms with Gasteiger partial charge in [-0.25, -0.2) is 4.98 Å². The van der Waals surface area contributed by atoms with Crippen LogP contribution in [0.2, 0.25) is 0 Å². The maximum Gasteiger partial charge on any atom is 0.263 e. The van der Waals surface area contributed by atoms with Gasteiger partial charge in [0.1, 0.15) is 9.88 Å². The van der Waals surface area contributed by atoms with Gasteiger partial charge in [-0.1, -0.05) is 0 Å². The number of carbonyl (C=O) groups is 1. The van der Waals surface area contributed by atoms with Gasteiger partial charge < -0.3 is 10.6 Å². The summed E-state index contributed by atoms with van der Waals surface area (Å²) in [6, 6.07) is 3.75. The van der Waals surface area contributed by atoms with Gasteiger partial charge in [0.15, 0.2) is 0 Å². The van der Waals surface area contributed by atoms with Gasteiger partial charge in [-0.15, -0.1) is 11.3 Å². The lowest BCUT2D eigenvalue weighted by atomic mass is 10.3. The van der Waals surface area contributed by atoms with Crippen LogP contribution in [0.25, 0.3) is 10.6 Å². The van der Waals surface area contributed by atoms with Crippen LogP contribution in [0.4, 0.5) is 0 Å². The van der Waals surface area contributed by atoms with Crippen molar-refractivity contribution in [2.24, 2.45) is 0 Å². The zero-order chi connectivity index (χ0) is 12.8. The standard InChI is InChI=1S/C12H14N4OS/c1-13-6-7-15-11(17)10-8-16-12(18-10)9-2-4-14-5-3-9/h2-5,8,13H,6-7H2,1H3,(H,15,17). The maximum atomic E-state index is 11.8. The number of likely N-dealkylation sites (N-methyl/N-ethyl adjacent to an activating group) is 1. The fourth-order valence-electron chi connectivity index (χ4n) is 1.40. The molecule has 6 heteroatoms. The molecule has 0 saturated carbocycles. The van der Waals surface area contributed by atoms with Crippen LogP contribution in [0.3, 0.4) is 0 Å². The minimum Gasteiger partial charge on any atom is -0.350 e. The van der Waals surface area contributed by atoms with E-state index in [0.29, 0.717) is 11.4 Å². The van der Waals surface area contributed by atoms with Gasteiger partial charge in [0.05, 0.1) is 6.20 Å². The summed E-state index contributed by atoms with van der Waals surface area (Å²) in [5.74, 6) is -0.0805. The Balaban J connectivity index is 2.04. The molecule has 2 N–H and O–H groups in total. The summed E-state index contributed by atoms with van der Waals surface area (Å²) in [5, 5.41) is 6.62. The Kier molecular flexibility index (Phi) is 4.38. The molecular weight excluding hydrogens is 248 g/mol. The average molecular weight is 262 g/mol. The van der Waals surface area contributed by atoms with Crippen molar-refractivity contribution in [1.29, 1.82) is 0 Å². The highest BCUT2D eigenvalue weighted by atomic mass is 32.1. The second-order valence-electron chi connectivity index (χ2n) is 3.63. The monoisotopic (exact) mass is 262 g/mol. The molecule has 0 radical (unpaired) electrons. The number of rotatable bonds is 5. The Labute approximate surface area is 109 Å². The number of nitrogens with one attached hydrogen (secondary N) is 2. The first-order valence-electron chi connectivity index (χ1n) is 5.60. The minimum atomic E-state index is -0.0805. The number of hydrogen-bond donors (Lipinski definition) is 2. The fourth-order valence-corrected chi connectivity index (χ4v) is 2.23. The molecule has 0 atom stereocenters. The van der Waals surface area contributed by atoms with E-state index in [9.17, 15) is 4.79 Å². The van der Waals surface area contributed by atoms with Crippen LogP contribution in [0, 0.1) is 0 Å².